The molecule has 0 radical (unpaired) electrons. The molecule has 1 aliphatic rings. The number of fused-ring (bicyclic) bond motifs is 1. The molecule has 2 heterocycles. The van der Waals surface area contributed by atoms with Crippen LogP contribution in [-0.4, -0.2) is 9.97 Å². The molecule has 0 fully saturated rings. The van der Waals surface area contributed by atoms with Crippen LogP contribution in [0.2, 0.25) is 0 Å². The van der Waals surface area contributed by atoms with Gasteiger partial charge in [-0.15, -0.1) is 11.3 Å². The van der Waals surface area contributed by atoms with Crippen LogP contribution in [0.5, 0.6) is 0 Å². The van der Waals surface area contributed by atoms with E-state index >= 15 is 0 Å². The lowest BCUT2D eigenvalue weighted by Crippen LogP contribution is -2.11. The number of aromatic amines is 1. The molecule has 18 heavy (non-hydrogen) atoms. The van der Waals surface area contributed by atoms with E-state index < -0.39 is 0 Å². The normalized spacial score (nSPS) is 13.6. The summed E-state index contributed by atoms with van der Waals surface area (Å²) in [5, 5.41) is 3.19. The Morgan fingerprint density at radius 2 is 2.39 bits per heavy atom. The molecule has 0 atom stereocenters. The van der Waals surface area contributed by atoms with E-state index in [2.05, 4.69) is 37.3 Å². The van der Waals surface area contributed by atoms with Crippen molar-refractivity contribution in [2.75, 3.05) is 5.32 Å². The second-order valence-corrected chi connectivity index (χ2v) is 6.28. The predicted molar refractivity (Wildman–Crippen MR) is 76.2 cm³/mol. The quantitative estimate of drug-likeness (QED) is 0.912. The van der Waals surface area contributed by atoms with Gasteiger partial charge in [0.2, 0.25) is 0 Å². The molecular weight excluding hydrogens is 314 g/mol. The summed E-state index contributed by atoms with van der Waals surface area (Å²) in [6.45, 7) is 0.715. The minimum absolute atomic E-state index is 0.166. The Morgan fingerprint density at radius 3 is 3.22 bits per heavy atom. The van der Waals surface area contributed by atoms with Crippen molar-refractivity contribution < 1.29 is 0 Å². The summed E-state index contributed by atoms with van der Waals surface area (Å²) in [6, 6.07) is 2.26. The van der Waals surface area contributed by atoms with Gasteiger partial charge in [0.1, 0.15) is 10.3 Å². The maximum atomic E-state index is 11.4. The number of nitrogens with one attached hydrogen (secondary N) is 2. The van der Waals surface area contributed by atoms with Crippen molar-refractivity contribution >= 4 is 33.1 Å². The first-order valence-corrected chi connectivity index (χ1v) is 7.42. The van der Waals surface area contributed by atoms with E-state index in [1.165, 1.54) is 40.9 Å². The van der Waals surface area contributed by atoms with Gasteiger partial charge in [0.05, 0.1) is 12.9 Å². The van der Waals surface area contributed by atoms with Gasteiger partial charge >= 0.3 is 0 Å². The second-order valence-electron chi connectivity index (χ2n) is 4.26. The molecule has 4 nitrogen and oxygen atoms in total. The van der Waals surface area contributed by atoms with Crippen LogP contribution in [-0.2, 0) is 19.4 Å². The van der Waals surface area contributed by atoms with Gasteiger partial charge in [0.25, 0.3) is 5.56 Å². The number of hydrogen-bond acceptors (Lipinski definition) is 4. The summed E-state index contributed by atoms with van der Waals surface area (Å²) in [4.78, 5) is 20.8. The molecule has 0 aliphatic heterocycles. The molecule has 0 saturated heterocycles. The van der Waals surface area contributed by atoms with Crippen molar-refractivity contribution in [3.63, 3.8) is 0 Å². The summed E-state index contributed by atoms with van der Waals surface area (Å²) in [5.74, 6) is 0.590. The van der Waals surface area contributed by atoms with Crippen molar-refractivity contribution in [1.82, 2.24) is 9.97 Å². The van der Waals surface area contributed by atoms with Crippen molar-refractivity contribution in [3.05, 3.63) is 42.5 Å². The number of thiophene rings is 1. The fourth-order valence-corrected chi connectivity index (χ4v) is 3.71. The van der Waals surface area contributed by atoms with Gasteiger partial charge in [-0.25, -0.2) is 4.98 Å². The fourth-order valence-electron chi connectivity index (χ4n) is 2.15. The molecule has 1 aliphatic carbocycles. The first kappa shape index (κ1) is 11.9. The van der Waals surface area contributed by atoms with Crippen LogP contribution in [0.4, 0.5) is 5.82 Å². The molecule has 0 amide bonds. The lowest BCUT2D eigenvalue weighted by molar-refractivity contribution is 0.913. The van der Waals surface area contributed by atoms with Gasteiger partial charge in [-0.2, -0.15) is 0 Å². The number of hydrogen-bond donors (Lipinski definition) is 2. The fraction of sp³-hybridized carbons (Fsp3) is 0.333. The number of aryl methyl sites for hydroxylation is 2. The van der Waals surface area contributed by atoms with E-state index in [0.29, 0.717) is 16.8 Å². The highest BCUT2D eigenvalue weighted by atomic mass is 79.9. The maximum absolute atomic E-state index is 11.4. The lowest BCUT2D eigenvalue weighted by atomic mass is 10.2. The highest BCUT2D eigenvalue weighted by Gasteiger charge is 2.14. The number of nitrogens with zero attached hydrogens (tertiary/aromatic N) is 1. The van der Waals surface area contributed by atoms with Crippen molar-refractivity contribution in [2.24, 2.45) is 0 Å². The standard InChI is InChI=1S/C12H12BrN3OS/c13-10-11(15-6-16-12(10)17)14-5-8-4-7-2-1-3-9(7)18-8/h4,6H,1-3,5H2,(H2,14,15,16,17). The molecule has 6 heteroatoms. The Bertz CT molecular complexity index is 613. The minimum Gasteiger partial charge on any atom is -0.364 e. The van der Waals surface area contributed by atoms with Crippen LogP contribution in [0.3, 0.4) is 0 Å². The Balaban J connectivity index is 1.74. The summed E-state index contributed by atoms with van der Waals surface area (Å²) < 4.78 is 0.453. The van der Waals surface area contributed by atoms with E-state index in [1.54, 1.807) is 0 Å². The van der Waals surface area contributed by atoms with Crippen LogP contribution in [0.1, 0.15) is 21.7 Å². The smallest absolute Gasteiger partial charge is 0.267 e. The Kier molecular flexibility index (Phi) is 3.22. The third-order valence-corrected chi connectivity index (χ3v) is 5.00. The molecular formula is C12H12BrN3OS. The van der Waals surface area contributed by atoms with E-state index in [-0.39, 0.29) is 5.56 Å². The molecule has 2 aromatic heterocycles. The SMILES string of the molecule is O=c1[nH]cnc(NCc2cc3c(s2)CCC3)c1Br. The first-order valence-electron chi connectivity index (χ1n) is 5.81. The van der Waals surface area contributed by atoms with Crippen molar-refractivity contribution in [1.29, 1.82) is 0 Å². The molecule has 94 valence electrons. The van der Waals surface area contributed by atoms with E-state index in [1.807, 2.05) is 11.3 Å². The third kappa shape index (κ3) is 2.22. The number of rotatable bonds is 3. The molecule has 3 rings (SSSR count). The van der Waals surface area contributed by atoms with Gasteiger partial charge < -0.3 is 10.3 Å². The van der Waals surface area contributed by atoms with Gasteiger partial charge in [-0.1, -0.05) is 0 Å². The summed E-state index contributed by atoms with van der Waals surface area (Å²) >= 11 is 5.09. The summed E-state index contributed by atoms with van der Waals surface area (Å²) in [5.41, 5.74) is 1.33. The maximum Gasteiger partial charge on any atom is 0.267 e. The van der Waals surface area contributed by atoms with Crippen molar-refractivity contribution in [3.8, 4) is 0 Å². The first-order chi connectivity index (χ1) is 8.74. The molecule has 0 bridgehead atoms. The van der Waals surface area contributed by atoms with Gasteiger partial charge in [-0.3, -0.25) is 4.79 Å². The average Bonchev–Trinajstić information content (AvgIpc) is 2.91. The van der Waals surface area contributed by atoms with E-state index in [4.69, 9.17) is 0 Å². The van der Waals surface area contributed by atoms with Gasteiger partial charge in [0.15, 0.2) is 0 Å². The number of halogens is 1. The van der Waals surface area contributed by atoms with Crippen LogP contribution < -0.4 is 10.9 Å². The molecule has 0 aromatic carbocycles. The molecule has 0 spiro atoms. The zero-order valence-electron chi connectivity index (χ0n) is 9.62. The molecule has 0 saturated carbocycles. The molecule has 2 aromatic rings. The van der Waals surface area contributed by atoms with Gasteiger partial charge in [-0.05, 0) is 46.8 Å². The third-order valence-electron chi connectivity index (χ3n) is 3.02. The van der Waals surface area contributed by atoms with Crippen LogP contribution in [0.25, 0.3) is 0 Å². The number of anilines is 1. The highest BCUT2D eigenvalue weighted by Crippen LogP contribution is 2.31. The Morgan fingerprint density at radius 1 is 1.50 bits per heavy atom. The largest absolute Gasteiger partial charge is 0.364 e. The van der Waals surface area contributed by atoms with E-state index in [0.717, 1.165) is 0 Å². The molecule has 2 N–H and O–H groups in total. The average molecular weight is 326 g/mol. The summed E-state index contributed by atoms with van der Waals surface area (Å²) in [6.07, 6.45) is 5.12. The number of aromatic nitrogens is 2. The lowest BCUT2D eigenvalue weighted by Gasteiger charge is -2.04. The van der Waals surface area contributed by atoms with Crippen LogP contribution >= 0.6 is 27.3 Å². The Hall–Kier alpha value is -1.14. The topological polar surface area (TPSA) is 57.8 Å². The van der Waals surface area contributed by atoms with Crippen molar-refractivity contribution in [2.45, 2.75) is 25.8 Å². The predicted octanol–water partition coefficient (Wildman–Crippen LogP) is 2.69. The second kappa shape index (κ2) is 4.85. The monoisotopic (exact) mass is 325 g/mol. The minimum atomic E-state index is -0.166. The van der Waals surface area contributed by atoms with Crippen LogP contribution in [0.15, 0.2) is 21.7 Å². The number of H-pyrrole nitrogens is 1. The van der Waals surface area contributed by atoms with E-state index in [9.17, 15) is 4.79 Å². The molecule has 0 unspecified atom stereocenters. The zero-order chi connectivity index (χ0) is 12.5. The zero-order valence-corrected chi connectivity index (χ0v) is 12.0. The van der Waals surface area contributed by atoms with Crippen LogP contribution in [0, 0.1) is 0 Å². The summed E-state index contributed by atoms with van der Waals surface area (Å²) in [7, 11) is 0. The highest BCUT2D eigenvalue weighted by molar-refractivity contribution is 9.10. The Labute approximate surface area is 117 Å². The van der Waals surface area contributed by atoms with Gasteiger partial charge in [0, 0.05) is 9.75 Å².